The Bertz CT molecular complexity index is 1260. The molecule has 0 atom stereocenters. The van der Waals surface area contributed by atoms with Gasteiger partial charge in [-0.1, -0.05) is 23.9 Å². The third-order valence-electron chi connectivity index (χ3n) is 4.00. The van der Waals surface area contributed by atoms with Gasteiger partial charge in [-0.25, -0.2) is 9.78 Å². The number of para-hydroxylation sites is 1. The van der Waals surface area contributed by atoms with Gasteiger partial charge in [-0.3, -0.25) is 19.4 Å². The van der Waals surface area contributed by atoms with Crippen molar-refractivity contribution in [2.24, 2.45) is 0 Å². The smallest absolute Gasteiger partial charge is 0.340 e. The standard InChI is InChI=1S/C20H18BrN5O6S/c1-2-31-19(30)10-5-3-4-6-11(10)23-14(27)9-33-20-25-16(22)15(18(29)26-20)24-17(28)12-7-8-13(21)32-12/h3-8H,2,9H2,1H3,(H,23,27)(H,24,28)(H3,22,25,26,29). The Morgan fingerprint density at radius 3 is 2.64 bits per heavy atom. The van der Waals surface area contributed by atoms with Gasteiger partial charge < -0.3 is 25.5 Å². The van der Waals surface area contributed by atoms with Crippen LogP contribution < -0.4 is 21.9 Å². The number of nitrogens with two attached hydrogens (primary N) is 1. The molecule has 0 spiro atoms. The monoisotopic (exact) mass is 535 g/mol. The lowest BCUT2D eigenvalue weighted by Gasteiger charge is -2.10. The Morgan fingerprint density at radius 2 is 1.97 bits per heavy atom. The molecule has 0 fully saturated rings. The van der Waals surface area contributed by atoms with E-state index in [4.69, 9.17) is 14.9 Å². The molecule has 5 N–H and O–H groups in total. The van der Waals surface area contributed by atoms with Gasteiger partial charge in [0.1, 0.15) is 0 Å². The number of hydrogen-bond donors (Lipinski definition) is 4. The predicted molar refractivity (Wildman–Crippen MR) is 125 cm³/mol. The second kappa shape index (κ2) is 10.8. The quantitative estimate of drug-likeness (QED) is 0.192. The maximum atomic E-state index is 12.4. The summed E-state index contributed by atoms with van der Waals surface area (Å²) in [5, 5.41) is 5.04. The topological polar surface area (TPSA) is 169 Å². The van der Waals surface area contributed by atoms with Crippen molar-refractivity contribution in [3.8, 4) is 0 Å². The zero-order valence-electron chi connectivity index (χ0n) is 17.1. The second-order valence-electron chi connectivity index (χ2n) is 6.29. The van der Waals surface area contributed by atoms with Crippen molar-refractivity contribution in [2.45, 2.75) is 12.1 Å². The fraction of sp³-hybridized carbons (Fsp3) is 0.150. The lowest BCUT2D eigenvalue weighted by molar-refractivity contribution is -0.113. The molecule has 2 heterocycles. The van der Waals surface area contributed by atoms with Crippen LogP contribution in [0.3, 0.4) is 0 Å². The minimum absolute atomic E-state index is 0.0288. The van der Waals surface area contributed by atoms with Gasteiger partial charge in [-0.05, 0) is 47.1 Å². The molecule has 0 aliphatic carbocycles. The summed E-state index contributed by atoms with van der Waals surface area (Å²) in [7, 11) is 0. The molecule has 2 amide bonds. The van der Waals surface area contributed by atoms with Gasteiger partial charge in [0, 0.05) is 0 Å². The lowest BCUT2D eigenvalue weighted by Crippen LogP contribution is -2.23. The van der Waals surface area contributed by atoms with Crippen LogP contribution in [0.25, 0.3) is 0 Å². The van der Waals surface area contributed by atoms with Gasteiger partial charge in [0.05, 0.1) is 23.6 Å². The van der Waals surface area contributed by atoms with Crippen molar-refractivity contribution in [1.29, 1.82) is 0 Å². The zero-order valence-corrected chi connectivity index (χ0v) is 19.5. The molecule has 11 nitrogen and oxygen atoms in total. The fourth-order valence-corrected chi connectivity index (χ4v) is 3.54. The number of thioether (sulfide) groups is 1. The van der Waals surface area contributed by atoms with Gasteiger partial charge in [-0.2, -0.15) is 0 Å². The molecule has 0 aliphatic rings. The highest BCUT2D eigenvalue weighted by atomic mass is 79.9. The second-order valence-corrected chi connectivity index (χ2v) is 8.04. The maximum absolute atomic E-state index is 12.4. The van der Waals surface area contributed by atoms with Crippen molar-refractivity contribution >= 4 is 62.7 Å². The Labute approximate surface area is 199 Å². The molecule has 0 radical (unpaired) electrons. The minimum atomic E-state index is -0.697. The first kappa shape index (κ1) is 24.1. The number of nitrogen functional groups attached to an aromatic ring is 1. The van der Waals surface area contributed by atoms with Gasteiger partial charge >= 0.3 is 5.97 Å². The molecule has 13 heteroatoms. The number of nitrogens with zero attached hydrogens (tertiary/aromatic N) is 1. The molecular formula is C20H18BrN5O6S. The van der Waals surface area contributed by atoms with Gasteiger partial charge in [-0.15, -0.1) is 0 Å². The van der Waals surface area contributed by atoms with E-state index in [0.29, 0.717) is 10.4 Å². The number of hydrogen-bond acceptors (Lipinski definition) is 9. The van der Waals surface area contributed by atoms with Crippen LogP contribution in [0.1, 0.15) is 27.8 Å². The third-order valence-corrected chi connectivity index (χ3v) is 5.30. The molecule has 3 aromatic rings. The molecule has 0 unspecified atom stereocenters. The van der Waals surface area contributed by atoms with E-state index in [0.717, 1.165) is 11.8 Å². The molecule has 1 aromatic carbocycles. The molecule has 33 heavy (non-hydrogen) atoms. The molecule has 0 aliphatic heterocycles. The number of amides is 2. The number of carbonyl (C=O) groups is 3. The van der Waals surface area contributed by atoms with Crippen molar-refractivity contribution in [3.63, 3.8) is 0 Å². The number of benzene rings is 1. The van der Waals surface area contributed by atoms with Gasteiger partial charge in [0.25, 0.3) is 11.5 Å². The van der Waals surface area contributed by atoms with Crippen molar-refractivity contribution in [1.82, 2.24) is 9.97 Å². The fourth-order valence-electron chi connectivity index (χ4n) is 2.57. The van der Waals surface area contributed by atoms with E-state index in [2.05, 4.69) is 36.5 Å². The summed E-state index contributed by atoms with van der Waals surface area (Å²) >= 11 is 4.00. The van der Waals surface area contributed by atoms with Crippen LogP contribution in [0.5, 0.6) is 0 Å². The molecule has 0 saturated heterocycles. The summed E-state index contributed by atoms with van der Waals surface area (Å²) in [6.07, 6.45) is 0. The first-order chi connectivity index (χ1) is 15.8. The van der Waals surface area contributed by atoms with E-state index in [-0.39, 0.29) is 40.3 Å². The number of aromatic amines is 1. The Balaban J connectivity index is 1.64. The summed E-state index contributed by atoms with van der Waals surface area (Å²) in [5.41, 5.74) is 5.39. The van der Waals surface area contributed by atoms with Gasteiger partial charge in [0.15, 0.2) is 27.1 Å². The number of esters is 1. The number of carbonyl (C=O) groups excluding carboxylic acids is 3. The number of anilines is 3. The van der Waals surface area contributed by atoms with Crippen LogP contribution in [0, 0.1) is 0 Å². The van der Waals surface area contributed by atoms with Crippen LogP contribution in [-0.2, 0) is 9.53 Å². The number of H-pyrrole nitrogens is 1. The highest BCUT2D eigenvalue weighted by Gasteiger charge is 2.18. The summed E-state index contributed by atoms with van der Waals surface area (Å²) in [6, 6.07) is 9.37. The van der Waals surface area contributed by atoms with Crippen LogP contribution in [0.15, 0.2) is 55.4 Å². The first-order valence-corrected chi connectivity index (χ1v) is 11.2. The molecule has 0 saturated carbocycles. The SMILES string of the molecule is CCOC(=O)c1ccccc1NC(=O)CSc1nc(N)c(NC(=O)c2ccc(Br)o2)c(=O)[nH]1. The number of nitrogens with one attached hydrogen (secondary N) is 3. The predicted octanol–water partition coefficient (Wildman–Crippen LogP) is 2.87. The molecule has 2 aromatic heterocycles. The minimum Gasteiger partial charge on any atom is -0.462 e. The number of halogens is 1. The highest BCUT2D eigenvalue weighted by Crippen LogP contribution is 2.20. The maximum Gasteiger partial charge on any atom is 0.340 e. The van der Waals surface area contributed by atoms with Crippen molar-refractivity contribution in [3.05, 3.63) is 62.7 Å². The average molecular weight is 536 g/mol. The van der Waals surface area contributed by atoms with Crippen LogP contribution in [0.2, 0.25) is 0 Å². The summed E-state index contributed by atoms with van der Waals surface area (Å²) in [5.74, 6) is -2.07. The van der Waals surface area contributed by atoms with Crippen LogP contribution in [-0.4, -0.2) is 40.1 Å². The van der Waals surface area contributed by atoms with Crippen LogP contribution >= 0.6 is 27.7 Å². The van der Waals surface area contributed by atoms with E-state index >= 15 is 0 Å². The highest BCUT2D eigenvalue weighted by molar-refractivity contribution is 9.10. The first-order valence-electron chi connectivity index (χ1n) is 9.43. The Hall–Kier alpha value is -3.58. The molecule has 3 rings (SSSR count). The van der Waals surface area contributed by atoms with E-state index in [1.54, 1.807) is 25.1 Å². The van der Waals surface area contributed by atoms with E-state index < -0.39 is 23.3 Å². The average Bonchev–Trinajstić information content (AvgIpc) is 3.21. The zero-order chi connectivity index (χ0) is 24.0. The lowest BCUT2D eigenvalue weighted by atomic mass is 10.2. The Kier molecular flexibility index (Phi) is 7.90. The van der Waals surface area contributed by atoms with E-state index in [1.807, 2.05) is 0 Å². The number of ether oxygens (including phenoxy) is 1. The van der Waals surface area contributed by atoms with E-state index in [1.165, 1.54) is 18.2 Å². The summed E-state index contributed by atoms with van der Waals surface area (Å²) in [4.78, 5) is 55.4. The normalized spacial score (nSPS) is 10.5. The number of rotatable bonds is 8. The van der Waals surface area contributed by atoms with Crippen LogP contribution in [0.4, 0.5) is 17.2 Å². The Morgan fingerprint density at radius 1 is 1.21 bits per heavy atom. The number of furan rings is 1. The molecule has 172 valence electrons. The van der Waals surface area contributed by atoms with Crippen molar-refractivity contribution < 1.29 is 23.5 Å². The summed E-state index contributed by atoms with van der Waals surface area (Å²) < 4.78 is 10.5. The largest absolute Gasteiger partial charge is 0.462 e. The summed E-state index contributed by atoms with van der Waals surface area (Å²) in [6.45, 7) is 1.88. The molecular weight excluding hydrogens is 518 g/mol. The van der Waals surface area contributed by atoms with Gasteiger partial charge in [0.2, 0.25) is 5.91 Å². The third kappa shape index (κ3) is 6.23. The van der Waals surface area contributed by atoms with E-state index in [9.17, 15) is 19.2 Å². The number of aromatic nitrogens is 2. The van der Waals surface area contributed by atoms with Crippen molar-refractivity contribution in [2.75, 3.05) is 28.7 Å². The molecule has 0 bridgehead atoms.